The molecule has 0 spiro atoms. The number of rotatable bonds is 2. The summed E-state index contributed by atoms with van der Waals surface area (Å²) in [6, 6.07) is 1.66. The molecule has 0 aliphatic heterocycles. The third kappa shape index (κ3) is 3.09. The fourth-order valence-corrected chi connectivity index (χ4v) is 1.59. The lowest BCUT2D eigenvalue weighted by Gasteiger charge is -2.06. The van der Waals surface area contributed by atoms with Gasteiger partial charge in [-0.25, -0.2) is 9.67 Å². The molecule has 0 aliphatic rings. The summed E-state index contributed by atoms with van der Waals surface area (Å²) in [4.78, 5) is 3.17. The van der Waals surface area contributed by atoms with E-state index >= 15 is 0 Å². The second-order valence-corrected chi connectivity index (χ2v) is 3.98. The van der Waals surface area contributed by atoms with Crippen LogP contribution in [-0.4, -0.2) is 21.8 Å². The zero-order valence-electron chi connectivity index (χ0n) is 10.4. The van der Waals surface area contributed by atoms with Crippen molar-refractivity contribution in [3.05, 3.63) is 35.9 Å². The predicted molar refractivity (Wildman–Crippen MR) is 60.9 cm³/mol. The average molecular weight is 310 g/mol. The molecule has 0 bridgehead atoms. The standard InChI is InChI=1S/C11H8F6N4/c1-18-7-5-21(20-9(7)11(15,16)17)6-2-3-8(19-4-6)10(12,13)14/h2-5,18H,1H3. The third-order valence-electron chi connectivity index (χ3n) is 2.55. The van der Waals surface area contributed by atoms with Crippen LogP contribution in [0.5, 0.6) is 0 Å². The zero-order chi connectivity index (χ0) is 15.8. The van der Waals surface area contributed by atoms with E-state index in [1.54, 1.807) is 0 Å². The first-order chi connectivity index (χ1) is 9.63. The van der Waals surface area contributed by atoms with Gasteiger partial charge < -0.3 is 5.32 Å². The van der Waals surface area contributed by atoms with E-state index < -0.39 is 23.7 Å². The van der Waals surface area contributed by atoms with Crippen LogP contribution in [0.25, 0.3) is 5.69 Å². The van der Waals surface area contributed by atoms with Crippen LogP contribution in [0.15, 0.2) is 24.5 Å². The Morgan fingerprint density at radius 1 is 1.05 bits per heavy atom. The van der Waals surface area contributed by atoms with Crippen molar-refractivity contribution in [3.63, 3.8) is 0 Å². The molecular weight excluding hydrogens is 302 g/mol. The molecule has 114 valence electrons. The first kappa shape index (κ1) is 15.1. The van der Waals surface area contributed by atoms with Crippen LogP contribution in [0.2, 0.25) is 0 Å². The van der Waals surface area contributed by atoms with E-state index in [1.165, 1.54) is 7.05 Å². The Morgan fingerprint density at radius 3 is 2.10 bits per heavy atom. The molecular formula is C11H8F6N4. The van der Waals surface area contributed by atoms with Gasteiger partial charge in [0.2, 0.25) is 0 Å². The number of pyridine rings is 1. The normalized spacial score (nSPS) is 12.5. The second kappa shape index (κ2) is 4.93. The van der Waals surface area contributed by atoms with Crippen LogP contribution in [0.4, 0.5) is 32.0 Å². The van der Waals surface area contributed by atoms with E-state index in [-0.39, 0.29) is 11.4 Å². The molecule has 0 atom stereocenters. The number of alkyl halides is 6. The van der Waals surface area contributed by atoms with Gasteiger partial charge in [-0.15, -0.1) is 0 Å². The third-order valence-corrected chi connectivity index (χ3v) is 2.55. The minimum Gasteiger partial charge on any atom is -0.385 e. The van der Waals surface area contributed by atoms with Crippen molar-refractivity contribution >= 4 is 5.69 Å². The molecule has 2 aromatic rings. The van der Waals surface area contributed by atoms with Gasteiger partial charge in [-0.1, -0.05) is 0 Å². The van der Waals surface area contributed by atoms with Gasteiger partial charge in [-0.05, 0) is 12.1 Å². The summed E-state index contributed by atoms with van der Waals surface area (Å²) < 4.78 is 76.0. The van der Waals surface area contributed by atoms with Gasteiger partial charge in [-0.2, -0.15) is 31.4 Å². The van der Waals surface area contributed by atoms with E-state index in [0.717, 1.165) is 23.1 Å². The molecule has 0 aromatic carbocycles. The van der Waals surface area contributed by atoms with Gasteiger partial charge in [0.05, 0.1) is 23.8 Å². The molecule has 0 amide bonds. The van der Waals surface area contributed by atoms with Crippen molar-refractivity contribution in [2.75, 3.05) is 12.4 Å². The fraction of sp³-hybridized carbons (Fsp3) is 0.273. The van der Waals surface area contributed by atoms with Crippen molar-refractivity contribution in [1.29, 1.82) is 0 Å². The molecule has 0 unspecified atom stereocenters. The maximum atomic E-state index is 12.7. The summed E-state index contributed by atoms with van der Waals surface area (Å²) in [6.45, 7) is 0. The summed E-state index contributed by atoms with van der Waals surface area (Å²) >= 11 is 0. The summed E-state index contributed by atoms with van der Waals surface area (Å²) in [6.07, 6.45) is -7.47. The van der Waals surface area contributed by atoms with Crippen LogP contribution in [-0.2, 0) is 12.4 Å². The number of nitrogens with one attached hydrogen (secondary N) is 1. The molecule has 1 N–H and O–H groups in total. The number of hydrogen-bond acceptors (Lipinski definition) is 3. The molecule has 0 fully saturated rings. The van der Waals surface area contributed by atoms with Crippen molar-refractivity contribution in [2.24, 2.45) is 0 Å². The summed E-state index contributed by atoms with van der Waals surface area (Å²) in [5.74, 6) is 0. The Labute approximate surface area is 114 Å². The molecule has 10 heteroatoms. The topological polar surface area (TPSA) is 42.7 Å². The molecule has 21 heavy (non-hydrogen) atoms. The molecule has 2 heterocycles. The lowest BCUT2D eigenvalue weighted by Crippen LogP contribution is -2.10. The van der Waals surface area contributed by atoms with Crippen molar-refractivity contribution in [2.45, 2.75) is 12.4 Å². The summed E-state index contributed by atoms with van der Waals surface area (Å²) in [5, 5.41) is 5.65. The highest BCUT2D eigenvalue weighted by Crippen LogP contribution is 2.34. The van der Waals surface area contributed by atoms with Crippen LogP contribution in [0.1, 0.15) is 11.4 Å². The Bertz CT molecular complexity index is 626. The number of halogens is 6. The summed E-state index contributed by atoms with van der Waals surface area (Å²) in [5.41, 5.74) is -2.61. The Balaban J connectivity index is 2.41. The Hall–Kier alpha value is -2.26. The quantitative estimate of drug-likeness (QED) is 0.865. The monoisotopic (exact) mass is 310 g/mol. The first-order valence-electron chi connectivity index (χ1n) is 5.51. The molecule has 0 radical (unpaired) electrons. The Kier molecular flexibility index (Phi) is 3.56. The van der Waals surface area contributed by atoms with E-state index in [2.05, 4.69) is 15.4 Å². The van der Waals surface area contributed by atoms with Gasteiger partial charge in [-0.3, -0.25) is 0 Å². The molecule has 0 saturated heterocycles. The minimum absolute atomic E-state index is 0.0185. The highest BCUT2D eigenvalue weighted by atomic mass is 19.4. The van der Waals surface area contributed by atoms with Crippen LogP contribution < -0.4 is 5.32 Å². The Morgan fingerprint density at radius 2 is 1.71 bits per heavy atom. The van der Waals surface area contributed by atoms with E-state index in [9.17, 15) is 26.3 Å². The van der Waals surface area contributed by atoms with Crippen LogP contribution in [0.3, 0.4) is 0 Å². The smallest absolute Gasteiger partial charge is 0.385 e. The maximum Gasteiger partial charge on any atom is 0.437 e. The largest absolute Gasteiger partial charge is 0.437 e. The number of hydrogen-bond donors (Lipinski definition) is 1. The van der Waals surface area contributed by atoms with Crippen molar-refractivity contribution < 1.29 is 26.3 Å². The highest BCUT2D eigenvalue weighted by Gasteiger charge is 2.37. The number of nitrogens with zero attached hydrogens (tertiary/aromatic N) is 3. The predicted octanol–water partition coefficient (Wildman–Crippen LogP) is 3.35. The lowest BCUT2D eigenvalue weighted by molar-refractivity contribution is -0.141. The van der Waals surface area contributed by atoms with Gasteiger partial charge in [0.15, 0.2) is 5.69 Å². The van der Waals surface area contributed by atoms with E-state index in [4.69, 9.17) is 0 Å². The molecule has 0 saturated carbocycles. The summed E-state index contributed by atoms with van der Waals surface area (Å²) in [7, 11) is 1.28. The van der Waals surface area contributed by atoms with Gasteiger partial charge in [0, 0.05) is 7.05 Å². The van der Waals surface area contributed by atoms with Crippen LogP contribution in [0, 0.1) is 0 Å². The lowest BCUT2D eigenvalue weighted by atomic mass is 10.3. The second-order valence-electron chi connectivity index (χ2n) is 3.98. The highest BCUT2D eigenvalue weighted by molar-refractivity contribution is 5.49. The fourth-order valence-electron chi connectivity index (χ4n) is 1.59. The SMILES string of the molecule is CNc1cn(-c2ccc(C(F)(F)F)nc2)nc1C(F)(F)F. The van der Waals surface area contributed by atoms with E-state index in [1.807, 2.05) is 0 Å². The van der Waals surface area contributed by atoms with Gasteiger partial charge in [0.25, 0.3) is 0 Å². The van der Waals surface area contributed by atoms with Crippen molar-refractivity contribution in [3.8, 4) is 5.69 Å². The first-order valence-corrected chi connectivity index (χ1v) is 5.51. The molecule has 2 rings (SSSR count). The van der Waals surface area contributed by atoms with Crippen LogP contribution >= 0.6 is 0 Å². The molecule has 4 nitrogen and oxygen atoms in total. The maximum absolute atomic E-state index is 12.7. The molecule has 0 aliphatic carbocycles. The van der Waals surface area contributed by atoms with Gasteiger partial charge >= 0.3 is 12.4 Å². The number of anilines is 1. The van der Waals surface area contributed by atoms with Crippen molar-refractivity contribution in [1.82, 2.24) is 14.8 Å². The number of aromatic nitrogens is 3. The average Bonchev–Trinajstić information content (AvgIpc) is 2.82. The van der Waals surface area contributed by atoms with Gasteiger partial charge in [0.1, 0.15) is 5.69 Å². The molecule has 2 aromatic heterocycles. The van der Waals surface area contributed by atoms with E-state index in [0.29, 0.717) is 6.07 Å². The minimum atomic E-state index is -4.68. The zero-order valence-corrected chi connectivity index (χ0v) is 10.4.